The monoisotopic (exact) mass is 315 g/mol. The summed E-state index contributed by atoms with van der Waals surface area (Å²) in [4.78, 5) is 5.46. The fourth-order valence-electron chi connectivity index (χ4n) is 1.22. The molecule has 84 valence electrons. The average Bonchev–Trinajstić information content (AvgIpc) is 2.67. The highest BCUT2D eigenvalue weighted by atomic mass is 79.9. The second-order valence-corrected chi connectivity index (χ2v) is 6.12. The number of aryl methyl sites for hydroxylation is 1. The molecule has 0 amide bonds. The molecule has 6 heteroatoms. The smallest absolute Gasteiger partial charge is 0.174 e. The molecule has 0 saturated carbocycles. The number of hydrogen-bond donors (Lipinski definition) is 1. The van der Waals surface area contributed by atoms with Crippen molar-refractivity contribution < 1.29 is 0 Å². The molecule has 3 nitrogen and oxygen atoms in total. The normalized spacial score (nSPS) is 10.7. The van der Waals surface area contributed by atoms with Crippen LogP contribution in [0, 0.1) is 6.92 Å². The predicted molar refractivity (Wildman–Crippen MR) is 70.8 cm³/mol. The maximum Gasteiger partial charge on any atom is 0.174 e. The summed E-state index contributed by atoms with van der Waals surface area (Å²) < 4.78 is 6.16. The largest absolute Gasteiger partial charge is 0.326 e. The Labute approximate surface area is 111 Å². The summed E-state index contributed by atoms with van der Waals surface area (Å²) in [6, 6.07) is 6.10. The molecule has 1 aromatic carbocycles. The van der Waals surface area contributed by atoms with Crippen LogP contribution < -0.4 is 5.73 Å². The van der Waals surface area contributed by atoms with Gasteiger partial charge in [0, 0.05) is 15.9 Å². The molecule has 2 aromatic rings. The summed E-state index contributed by atoms with van der Waals surface area (Å²) in [6.45, 7) is 2.42. The highest BCUT2D eigenvalue weighted by molar-refractivity contribution is 9.10. The molecule has 0 aliphatic rings. The molecule has 1 heterocycles. The lowest BCUT2D eigenvalue weighted by molar-refractivity contribution is 1.02. The van der Waals surface area contributed by atoms with Crippen LogP contribution in [0.4, 0.5) is 0 Å². The van der Waals surface area contributed by atoms with Crippen LogP contribution in [0.5, 0.6) is 0 Å². The van der Waals surface area contributed by atoms with E-state index in [4.69, 9.17) is 5.73 Å². The Balaban J connectivity index is 2.27. The minimum Gasteiger partial charge on any atom is -0.326 e. The number of hydrogen-bond acceptors (Lipinski definition) is 5. The van der Waals surface area contributed by atoms with Crippen molar-refractivity contribution in [2.75, 3.05) is 0 Å². The Kier molecular flexibility index (Phi) is 3.96. The van der Waals surface area contributed by atoms with Gasteiger partial charge in [-0.15, -0.1) is 0 Å². The fourth-order valence-corrected chi connectivity index (χ4v) is 3.36. The van der Waals surface area contributed by atoms with E-state index in [1.807, 2.05) is 25.1 Å². The average molecular weight is 316 g/mol. The van der Waals surface area contributed by atoms with E-state index in [0.717, 1.165) is 25.1 Å². The van der Waals surface area contributed by atoms with Gasteiger partial charge < -0.3 is 5.73 Å². The molecule has 0 unspecified atom stereocenters. The van der Waals surface area contributed by atoms with Crippen LogP contribution in [0.15, 0.2) is 31.9 Å². The second-order valence-electron chi connectivity index (χ2n) is 3.17. The summed E-state index contributed by atoms with van der Waals surface area (Å²) in [5, 5.41) is 0. The van der Waals surface area contributed by atoms with Gasteiger partial charge in [0.05, 0.1) is 0 Å². The van der Waals surface area contributed by atoms with Gasteiger partial charge >= 0.3 is 0 Å². The maximum atomic E-state index is 5.71. The molecule has 0 aliphatic heterocycles. The number of benzene rings is 1. The Hall–Kier alpha value is -0.430. The number of nitrogens with two attached hydrogens (primary N) is 1. The van der Waals surface area contributed by atoms with Crippen LogP contribution in [0.25, 0.3) is 0 Å². The van der Waals surface area contributed by atoms with Gasteiger partial charge in [-0.3, -0.25) is 0 Å². The van der Waals surface area contributed by atoms with Crippen LogP contribution >= 0.6 is 39.2 Å². The Morgan fingerprint density at radius 1 is 1.50 bits per heavy atom. The third-order valence-electron chi connectivity index (χ3n) is 1.95. The minimum atomic E-state index is 0.527. The molecule has 0 spiro atoms. The molecule has 16 heavy (non-hydrogen) atoms. The van der Waals surface area contributed by atoms with E-state index in [1.165, 1.54) is 11.5 Å². The number of halogens is 1. The van der Waals surface area contributed by atoms with E-state index >= 15 is 0 Å². The molecule has 0 atom stereocenters. The summed E-state index contributed by atoms with van der Waals surface area (Å²) in [7, 11) is 0. The van der Waals surface area contributed by atoms with Crippen LogP contribution in [-0.2, 0) is 6.54 Å². The first-order valence-electron chi connectivity index (χ1n) is 4.65. The summed E-state index contributed by atoms with van der Waals surface area (Å²) >= 11 is 6.47. The fraction of sp³-hybridized carbons (Fsp3) is 0.200. The third-order valence-corrected chi connectivity index (χ3v) is 4.40. The van der Waals surface area contributed by atoms with Gasteiger partial charge in [0.2, 0.25) is 0 Å². The number of aromatic nitrogens is 2. The third kappa shape index (κ3) is 2.82. The minimum absolute atomic E-state index is 0.527. The SMILES string of the molecule is Cc1nsc(Sc2ccc(Br)cc2CN)n1. The molecule has 2 N–H and O–H groups in total. The molecule has 0 fully saturated rings. The van der Waals surface area contributed by atoms with Crippen LogP contribution in [0.1, 0.15) is 11.4 Å². The Bertz CT molecular complexity index is 499. The van der Waals surface area contributed by atoms with Crippen molar-refractivity contribution in [1.29, 1.82) is 0 Å². The van der Waals surface area contributed by atoms with Gasteiger partial charge in [0.25, 0.3) is 0 Å². The van der Waals surface area contributed by atoms with Gasteiger partial charge in [0.15, 0.2) is 4.34 Å². The summed E-state index contributed by atoms with van der Waals surface area (Å²) in [5.74, 6) is 0.818. The highest BCUT2D eigenvalue weighted by Crippen LogP contribution is 2.32. The van der Waals surface area contributed by atoms with E-state index in [9.17, 15) is 0 Å². The zero-order chi connectivity index (χ0) is 11.5. The Morgan fingerprint density at radius 2 is 2.31 bits per heavy atom. The number of nitrogens with zero attached hydrogens (tertiary/aromatic N) is 2. The van der Waals surface area contributed by atoms with Crippen molar-refractivity contribution in [3.63, 3.8) is 0 Å². The molecule has 1 aromatic heterocycles. The van der Waals surface area contributed by atoms with Crippen molar-refractivity contribution in [3.8, 4) is 0 Å². The maximum absolute atomic E-state index is 5.71. The topological polar surface area (TPSA) is 51.8 Å². The first-order chi connectivity index (χ1) is 7.69. The predicted octanol–water partition coefficient (Wildman–Crippen LogP) is 3.22. The van der Waals surface area contributed by atoms with E-state index in [0.29, 0.717) is 6.54 Å². The van der Waals surface area contributed by atoms with Crippen LogP contribution in [0.3, 0.4) is 0 Å². The van der Waals surface area contributed by atoms with Gasteiger partial charge in [-0.2, -0.15) is 4.37 Å². The highest BCUT2D eigenvalue weighted by Gasteiger charge is 2.07. The van der Waals surface area contributed by atoms with Gasteiger partial charge in [-0.05, 0) is 42.2 Å². The van der Waals surface area contributed by atoms with Crippen molar-refractivity contribution in [2.24, 2.45) is 5.73 Å². The van der Waals surface area contributed by atoms with E-state index in [1.54, 1.807) is 11.8 Å². The lowest BCUT2D eigenvalue weighted by Crippen LogP contribution is -1.98. The molecule has 0 radical (unpaired) electrons. The quantitative estimate of drug-likeness (QED) is 0.944. The molecule has 2 rings (SSSR count). The number of rotatable bonds is 3. The van der Waals surface area contributed by atoms with Gasteiger partial charge in [-0.1, -0.05) is 27.7 Å². The van der Waals surface area contributed by atoms with Crippen LogP contribution in [-0.4, -0.2) is 9.36 Å². The lowest BCUT2D eigenvalue weighted by atomic mass is 10.2. The molecule has 0 aliphatic carbocycles. The van der Waals surface area contributed by atoms with Crippen molar-refractivity contribution in [3.05, 3.63) is 34.1 Å². The summed E-state index contributed by atoms with van der Waals surface area (Å²) in [6.07, 6.45) is 0. The van der Waals surface area contributed by atoms with Crippen LogP contribution in [0.2, 0.25) is 0 Å². The van der Waals surface area contributed by atoms with Gasteiger partial charge in [0.1, 0.15) is 5.82 Å². The van der Waals surface area contributed by atoms with E-state index in [2.05, 4.69) is 25.3 Å². The molecular weight excluding hydrogens is 306 g/mol. The van der Waals surface area contributed by atoms with E-state index in [-0.39, 0.29) is 0 Å². The molecular formula is C10H10BrN3S2. The van der Waals surface area contributed by atoms with Crippen molar-refractivity contribution in [1.82, 2.24) is 9.36 Å². The Morgan fingerprint density at radius 3 is 2.94 bits per heavy atom. The lowest BCUT2D eigenvalue weighted by Gasteiger charge is -2.05. The first-order valence-corrected chi connectivity index (χ1v) is 7.04. The van der Waals surface area contributed by atoms with E-state index < -0.39 is 0 Å². The summed E-state index contributed by atoms with van der Waals surface area (Å²) in [5.41, 5.74) is 6.83. The van der Waals surface area contributed by atoms with Crippen molar-refractivity contribution in [2.45, 2.75) is 22.7 Å². The van der Waals surface area contributed by atoms with Crippen molar-refractivity contribution >= 4 is 39.2 Å². The zero-order valence-corrected chi connectivity index (χ0v) is 11.8. The first kappa shape index (κ1) is 12.0. The zero-order valence-electron chi connectivity index (χ0n) is 8.61. The standard InChI is InChI=1S/C10H10BrN3S2/c1-6-13-10(16-14-6)15-9-3-2-8(11)4-7(9)5-12/h2-4H,5,12H2,1H3. The van der Waals surface area contributed by atoms with Gasteiger partial charge in [-0.25, -0.2) is 4.98 Å². The molecule has 0 bridgehead atoms. The second kappa shape index (κ2) is 5.27. The molecule has 0 saturated heterocycles.